The van der Waals surface area contributed by atoms with E-state index in [0.29, 0.717) is 0 Å². The molecule has 0 bridgehead atoms. The number of benzene rings is 1. The van der Waals surface area contributed by atoms with Crippen molar-refractivity contribution in [3.63, 3.8) is 0 Å². The number of thiophene rings is 1. The fourth-order valence-electron chi connectivity index (χ4n) is 1.92. The Morgan fingerprint density at radius 3 is 2.68 bits per heavy atom. The molecule has 2 nitrogen and oxygen atoms in total. The van der Waals surface area contributed by atoms with Crippen molar-refractivity contribution in [3.05, 3.63) is 49.6 Å². The maximum absolute atomic E-state index is 5.95. The SMILES string of the molecule is COc1ccc(Br)cc1CN(C)Cc1ccc(Cl)s1. The van der Waals surface area contributed by atoms with Gasteiger partial charge in [-0.05, 0) is 37.4 Å². The lowest BCUT2D eigenvalue weighted by Gasteiger charge is -2.18. The third kappa shape index (κ3) is 4.21. The predicted octanol–water partition coefficient (Wildman–Crippen LogP) is 4.80. The molecule has 0 saturated heterocycles. The first-order chi connectivity index (χ1) is 9.08. The van der Waals surface area contributed by atoms with Gasteiger partial charge in [0.1, 0.15) is 5.75 Å². The third-order valence-corrected chi connectivity index (χ3v) is 4.45. The van der Waals surface area contributed by atoms with E-state index < -0.39 is 0 Å². The highest BCUT2D eigenvalue weighted by Crippen LogP contribution is 2.26. The fourth-order valence-corrected chi connectivity index (χ4v) is 3.50. The van der Waals surface area contributed by atoms with Crippen LogP contribution >= 0.6 is 38.9 Å². The van der Waals surface area contributed by atoms with Gasteiger partial charge in [0.05, 0.1) is 11.4 Å². The Balaban J connectivity index is 2.05. The summed E-state index contributed by atoms with van der Waals surface area (Å²) in [6, 6.07) is 10.1. The fraction of sp³-hybridized carbons (Fsp3) is 0.286. The van der Waals surface area contributed by atoms with Crippen LogP contribution in [-0.2, 0) is 13.1 Å². The second kappa shape index (κ2) is 6.75. The highest BCUT2D eigenvalue weighted by atomic mass is 79.9. The summed E-state index contributed by atoms with van der Waals surface area (Å²) in [7, 11) is 3.79. The molecule has 0 unspecified atom stereocenters. The highest BCUT2D eigenvalue weighted by Gasteiger charge is 2.08. The number of methoxy groups -OCH3 is 1. The second-order valence-corrected chi connectivity index (χ2v) is 7.05. The van der Waals surface area contributed by atoms with Crippen LogP contribution in [0.1, 0.15) is 10.4 Å². The maximum atomic E-state index is 5.95. The quantitative estimate of drug-likeness (QED) is 0.759. The third-order valence-electron chi connectivity index (χ3n) is 2.74. The molecule has 1 aromatic carbocycles. The average Bonchev–Trinajstić information content (AvgIpc) is 2.75. The summed E-state index contributed by atoms with van der Waals surface area (Å²) in [5.41, 5.74) is 1.17. The molecular weight excluding hydrogens is 346 g/mol. The van der Waals surface area contributed by atoms with E-state index in [2.05, 4.69) is 40.0 Å². The summed E-state index contributed by atoms with van der Waals surface area (Å²) >= 11 is 11.1. The topological polar surface area (TPSA) is 12.5 Å². The van der Waals surface area contributed by atoms with Gasteiger partial charge in [-0.1, -0.05) is 27.5 Å². The molecule has 2 rings (SSSR count). The molecule has 0 radical (unpaired) electrons. The molecule has 0 N–H and O–H groups in total. The van der Waals surface area contributed by atoms with Gasteiger partial charge in [-0.15, -0.1) is 11.3 Å². The van der Waals surface area contributed by atoms with Gasteiger partial charge in [-0.2, -0.15) is 0 Å². The Labute approximate surface area is 131 Å². The lowest BCUT2D eigenvalue weighted by atomic mass is 10.2. The molecule has 0 spiro atoms. The standard InChI is InChI=1S/C14H15BrClNOS/c1-17(9-12-4-6-14(16)19-12)8-10-7-11(15)3-5-13(10)18-2/h3-7H,8-9H2,1-2H3. The summed E-state index contributed by atoms with van der Waals surface area (Å²) in [6.07, 6.45) is 0. The zero-order valence-corrected chi connectivity index (χ0v) is 14.0. The van der Waals surface area contributed by atoms with Crippen LogP contribution in [0.2, 0.25) is 4.34 Å². The van der Waals surface area contributed by atoms with Crippen LogP contribution in [-0.4, -0.2) is 19.1 Å². The number of ether oxygens (including phenoxy) is 1. The number of rotatable bonds is 5. The lowest BCUT2D eigenvalue weighted by Crippen LogP contribution is -2.17. The van der Waals surface area contributed by atoms with Gasteiger partial charge < -0.3 is 4.74 Å². The van der Waals surface area contributed by atoms with Gasteiger partial charge in [0, 0.05) is 28.0 Å². The van der Waals surface area contributed by atoms with E-state index in [1.54, 1.807) is 18.4 Å². The number of nitrogens with zero attached hydrogens (tertiary/aromatic N) is 1. The van der Waals surface area contributed by atoms with Crippen LogP contribution in [0.5, 0.6) is 5.75 Å². The van der Waals surface area contributed by atoms with Crippen molar-refractivity contribution < 1.29 is 4.74 Å². The van der Waals surface area contributed by atoms with E-state index in [9.17, 15) is 0 Å². The molecule has 0 saturated carbocycles. The molecular formula is C14H15BrClNOS. The second-order valence-electron chi connectivity index (χ2n) is 4.33. The van der Waals surface area contributed by atoms with E-state index in [4.69, 9.17) is 16.3 Å². The Morgan fingerprint density at radius 2 is 2.05 bits per heavy atom. The largest absolute Gasteiger partial charge is 0.496 e. The zero-order chi connectivity index (χ0) is 13.8. The number of halogens is 2. The van der Waals surface area contributed by atoms with Crippen molar-refractivity contribution in [3.8, 4) is 5.75 Å². The monoisotopic (exact) mass is 359 g/mol. The smallest absolute Gasteiger partial charge is 0.123 e. The highest BCUT2D eigenvalue weighted by molar-refractivity contribution is 9.10. The van der Waals surface area contributed by atoms with Crippen LogP contribution in [0, 0.1) is 0 Å². The van der Waals surface area contributed by atoms with Gasteiger partial charge in [0.2, 0.25) is 0 Å². The molecule has 0 aliphatic rings. The average molecular weight is 361 g/mol. The first-order valence-electron chi connectivity index (χ1n) is 5.83. The Morgan fingerprint density at radius 1 is 1.26 bits per heavy atom. The molecule has 2 aromatic rings. The minimum absolute atomic E-state index is 0.831. The molecule has 0 fully saturated rings. The zero-order valence-electron chi connectivity index (χ0n) is 10.8. The lowest BCUT2D eigenvalue weighted by molar-refractivity contribution is 0.312. The summed E-state index contributed by atoms with van der Waals surface area (Å²) < 4.78 is 7.29. The van der Waals surface area contributed by atoms with Gasteiger partial charge in [0.25, 0.3) is 0 Å². The van der Waals surface area contributed by atoms with Crippen molar-refractivity contribution in [1.29, 1.82) is 0 Å². The molecule has 0 aliphatic heterocycles. The van der Waals surface area contributed by atoms with Crippen LogP contribution < -0.4 is 4.74 Å². The first kappa shape index (κ1) is 14.9. The minimum atomic E-state index is 0.831. The van der Waals surface area contributed by atoms with Gasteiger partial charge in [0.15, 0.2) is 0 Å². The molecule has 0 atom stereocenters. The summed E-state index contributed by atoms with van der Waals surface area (Å²) in [6.45, 7) is 1.71. The van der Waals surface area contributed by atoms with E-state index >= 15 is 0 Å². The van der Waals surface area contributed by atoms with Gasteiger partial charge in [-0.3, -0.25) is 4.90 Å². The van der Waals surface area contributed by atoms with E-state index in [0.717, 1.165) is 27.6 Å². The summed E-state index contributed by atoms with van der Waals surface area (Å²) in [5, 5.41) is 0. The molecule has 19 heavy (non-hydrogen) atoms. The van der Waals surface area contributed by atoms with Gasteiger partial charge >= 0.3 is 0 Å². The van der Waals surface area contributed by atoms with E-state index in [-0.39, 0.29) is 0 Å². The van der Waals surface area contributed by atoms with Crippen molar-refractivity contribution >= 4 is 38.9 Å². The Bertz CT molecular complexity index is 558. The number of hydrogen-bond donors (Lipinski definition) is 0. The molecule has 0 amide bonds. The predicted molar refractivity (Wildman–Crippen MR) is 85.2 cm³/mol. The summed E-state index contributed by atoms with van der Waals surface area (Å²) in [5.74, 6) is 0.916. The van der Waals surface area contributed by atoms with Crippen LogP contribution in [0.3, 0.4) is 0 Å². The van der Waals surface area contributed by atoms with Crippen LogP contribution in [0.4, 0.5) is 0 Å². The minimum Gasteiger partial charge on any atom is -0.496 e. The molecule has 1 aromatic heterocycles. The van der Waals surface area contributed by atoms with Crippen molar-refractivity contribution in [2.75, 3.05) is 14.2 Å². The van der Waals surface area contributed by atoms with Crippen molar-refractivity contribution in [2.45, 2.75) is 13.1 Å². The van der Waals surface area contributed by atoms with Crippen LogP contribution in [0.25, 0.3) is 0 Å². The molecule has 0 aliphatic carbocycles. The van der Waals surface area contributed by atoms with Crippen LogP contribution in [0.15, 0.2) is 34.8 Å². The van der Waals surface area contributed by atoms with Crippen molar-refractivity contribution in [1.82, 2.24) is 4.90 Å². The maximum Gasteiger partial charge on any atom is 0.123 e. The first-order valence-corrected chi connectivity index (χ1v) is 7.82. The Kier molecular flexibility index (Phi) is 5.28. The molecule has 102 valence electrons. The molecule has 1 heterocycles. The Hall–Kier alpha value is -0.550. The van der Waals surface area contributed by atoms with Gasteiger partial charge in [-0.25, -0.2) is 0 Å². The van der Waals surface area contributed by atoms with E-state index in [1.165, 1.54) is 10.4 Å². The normalized spacial score (nSPS) is 11.0. The molecule has 5 heteroatoms. The number of hydrogen-bond acceptors (Lipinski definition) is 3. The summed E-state index contributed by atoms with van der Waals surface area (Å²) in [4.78, 5) is 3.51. The van der Waals surface area contributed by atoms with Crippen molar-refractivity contribution in [2.24, 2.45) is 0 Å². The van der Waals surface area contributed by atoms with E-state index in [1.807, 2.05) is 18.2 Å².